The lowest BCUT2D eigenvalue weighted by Crippen LogP contribution is -2.51. The monoisotopic (exact) mass is 263 g/mol. The van der Waals surface area contributed by atoms with Crippen LogP contribution in [0.4, 0.5) is 5.69 Å². The summed E-state index contributed by atoms with van der Waals surface area (Å²) < 4.78 is 5.30. The second kappa shape index (κ2) is 5.45. The molecule has 0 saturated carbocycles. The normalized spacial score (nSPS) is 25.4. The maximum Gasteiger partial charge on any atom is 0.0776 e. The Balaban J connectivity index is 1.89. The van der Waals surface area contributed by atoms with E-state index in [0.29, 0.717) is 6.04 Å². The molecule has 0 aliphatic carbocycles. The summed E-state index contributed by atoms with van der Waals surface area (Å²) in [5.74, 6) is 0. The topological polar surface area (TPSA) is 48.8 Å². The lowest BCUT2D eigenvalue weighted by atomic mass is 10.1. The van der Waals surface area contributed by atoms with Crippen molar-refractivity contribution in [1.82, 2.24) is 9.88 Å². The Morgan fingerprint density at radius 2 is 2.32 bits per heavy atom. The SMILES string of the molecule is CN1c2cccnc2CN(C2COC2)CC[C@H]1CO. The van der Waals surface area contributed by atoms with E-state index >= 15 is 0 Å². The standard InChI is InChI=1S/C14H21N3O2/c1-16-11(8-18)4-6-17(12-9-19-10-12)7-13-14(16)3-2-5-15-13/h2-3,5,11-12,18H,4,6-10H2,1H3/t11-/m0/s1. The number of hydrogen-bond donors (Lipinski definition) is 1. The van der Waals surface area contributed by atoms with E-state index in [4.69, 9.17) is 4.74 Å². The predicted molar refractivity (Wildman–Crippen MR) is 73.1 cm³/mol. The molecule has 1 aromatic rings. The van der Waals surface area contributed by atoms with Crippen molar-refractivity contribution < 1.29 is 9.84 Å². The highest BCUT2D eigenvalue weighted by Gasteiger charge is 2.30. The summed E-state index contributed by atoms with van der Waals surface area (Å²) >= 11 is 0. The first-order chi connectivity index (χ1) is 9.29. The van der Waals surface area contributed by atoms with E-state index in [2.05, 4.69) is 20.9 Å². The van der Waals surface area contributed by atoms with Crippen molar-refractivity contribution in [3.05, 3.63) is 24.0 Å². The second-order valence-electron chi connectivity index (χ2n) is 5.37. The minimum Gasteiger partial charge on any atom is -0.394 e. The number of rotatable bonds is 2. The molecule has 0 bridgehead atoms. The first-order valence-electron chi connectivity index (χ1n) is 6.89. The van der Waals surface area contributed by atoms with Gasteiger partial charge in [-0.3, -0.25) is 9.88 Å². The molecular formula is C14H21N3O2. The Kier molecular flexibility index (Phi) is 3.68. The lowest BCUT2D eigenvalue weighted by molar-refractivity contribution is -0.0696. The smallest absolute Gasteiger partial charge is 0.0776 e. The summed E-state index contributed by atoms with van der Waals surface area (Å²) in [5.41, 5.74) is 2.22. The molecule has 3 heterocycles. The molecule has 2 aliphatic heterocycles. The zero-order chi connectivity index (χ0) is 13.2. The summed E-state index contributed by atoms with van der Waals surface area (Å²) in [7, 11) is 2.05. The van der Waals surface area contributed by atoms with Gasteiger partial charge in [0.05, 0.1) is 43.3 Å². The average Bonchev–Trinajstić information content (AvgIpc) is 2.36. The summed E-state index contributed by atoms with van der Waals surface area (Å²) in [4.78, 5) is 9.12. The number of aliphatic hydroxyl groups excluding tert-OH is 1. The zero-order valence-corrected chi connectivity index (χ0v) is 11.3. The van der Waals surface area contributed by atoms with Gasteiger partial charge in [-0.15, -0.1) is 0 Å². The van der Waals surface area contributed by atoms with Gasteiger partial charge in [0.25, 0.3) is 0 Å². The molecule has 1 aromatic heterocycles. The van der Waals surface area contributed by atoms with Gasteiger partial charge in [-0.1, -0.05) is 0 Å². The van der Waals surface area contributed by atoms with Crippen LogP contribution in [0.5, 0.6) is 0 Å². The molecule has 0 spiro atoms. The number of aromatic nitrogens is 1. The number of anilines is 1. The van der Waals surface area contributed by atoms with E-state index in [9.17, 15) is 5.11 Å². The van der Waals surface area contributed by atoms with Gasteiger partial charge in [0.1, 0.15) is 0 Å². The number of pyridine rings is 1. The summed E-state index contributed by atoms with van der Waals surface area (Å²) in [6.07, 6.45) is 2.81. The molecule has 0 radical (unpaired) electrons. The highest BCUT2D eigenvalue weighted by molar-refractivity contribution is 5.51. The number of likely N-dealkylation sites (N-methyl/N-ethyl adjacent to an activating group) is 1. The van der Waals surface area contributed by atoms with Crippen LogP contribution >= 0.6 is 0 Å². The largest absolute Gasteiger partial charge is 0.394 e. The van der Waals surface area contributed by atoms with Crippen LogP contribution in [0.15, 0.2) is 18.3 Å². The molecule has 1 fully saturated rings. The summed E-state index contributed by atoms with van der Waals surface area (Å²) in [6.45, 7) is 3.68. The predicted octanol–water partition coefficient (Wildman–Crippen LogP) is 0.483. The molecule has 5 heteroatoms. The molecule has 5 nitrogen and oxygen atoms in total. The van der Waals surface area contributed by atoms with Crippen LogP contribution in [0, 0.1) is 0 Å². The van der Waals surface area contributed by atoms with Gasteiger partial charge in [-0.25, -0.2) is 0 Å². The van der Waals surface area contributed by atoms with Crippen LogP contribution in [0.25, 0.3) is 0 Å². The van der Waals surface area contributed by atoms with Crippen molar-refractivity contribution >= 4 is 5.69 Å². The quantitative estimate of drug-likeness (QED) is 0.841. The average molecular weight is 263 g/mol. The van der Waals surface area contributed by atoms with E-state index in [0.717, 1.165) is 44.1 Å². The first-order valence-corrected chi connectivity index (χ1v) is 6.89. The van der Waals surface area contributed by atoms with Crippen LogP contribution in [-0.4, -0.2) is 60.5 Å². The Bertz CT molecular complexity index is 436. The van der Waals surface area contributed by atoms with Gasteiger partial charge in [0, 0.05) is 26.3 Å². The summed E-state index contributed by atoms with van der Waals surface area (Å²) in [5, 5.41) is 9.59. The zero-order valence-electron chi connectivity index (χ0n) is 11.3. The lowest BCUT2D eigenvalue weighted by Gasteiger charge is -2.41. The Morgan fingerprint density at radius 1 is 1.47 bits per heavy atom. The minimum atomic E-state index is 0.159. The number of nitrogens with zero attached hydrogens (tertiary/aromatic N) is 3. The van der Waals surface area contributed by atoms with Crippen molar-refractivity contribution in [3.63, 3.8) is 0 Å². The van der Waals surface area contributed by atoms with Crippen LogP contribution < -0.4 is 4.90 Å². The van der Waals surface area contributed by atoms with E-state index in [-0.39, 0.29) is 12.6 Å². The first kappa shape index (κ1) is 12.8. The van der Waals surface area contributed by atoms with Gasteiger partial charge in [-0.05, 0) is 18.6 Å². The molecule has 1 N–H and O–H groups in total. The van der Waals surface area contributed by atoms with Crippen LogP contribution in [0.2, 0.25) is 0 Å². The molecule has 3 rings (SSSR count). The van der Waals surface area contributed by atoms with Crippen molar-refractivity contribution in [2.75, 3.05) is 38.3 Å². The minimum absolute atomic E-state index is 0.159. The third-order valence-corrected chi connectivity index (χ3v) is 4.24. The fraction of sp³-hybridized carbons (Fsp3) is 0.643. The highest BCUT2D eigenvalue weighted by atomic mass is 16.5. The van der Waals surface area contributed by atoms with Gasteiger partial charge in [-0.2, -0.15) is 0 Å². The molecule has 0 aromatic carbocycles. The van der Waals surface area contributed by atoms with Crippen LogP contribution in [-0.2, 0) is 11.3 Å². The molecular weight excluding hydrogens is 242 g/mol. The van der Waals surface area contributed by atoms with Gasteiger partial charge >= 0.3 is 0 Å². The molecule has 2 aliphatic rings. The van der Waals surface area contributed by atoms with Crippen molar-refractivity contribution in [3.8, 4) is 0 Å². The Labute approximate surface area is 113 Å². The van der Waals surface area contributed by atoms with E-state index in [1.807, 2.05) is 19.3 Å². The fourth-order valence-corrected chi connectivity index (χ4v) is 2.81. The second-order valence-corrected chi connectivity index (χ2v) is 5.37. The summed E-state index contributed by atoms with van der Waals surface area (Å²) in [6, 6.07) is 4.72. The highest BCUT2D eigenvalue weighted by Crippen LogP contribution is 2.26. The molecule has 1 atom stereocenters. The third kappa shape index (κ3) is 2.45. The van der Waals surface area contributed by atoms with E-state index in [1.54, 1.807) is 0 Å². The van der Waals surface area contributed by atoms with E-state index < -0.39 is 0 Å². The van der Waals surface area contributed by atoms with Crippen molar-refractivity contribution in [1.29, 1.82) is 0 Å². The van der Waals surface area contributed by atoms with Gasteiger partial charge < -0.3 is 14.7 Å². The van der Waals surface area contributed by atoms with Crippen LogP contribution in [0.3, 0.4) is 0 Å². The molecule has 19 heavy (non-hydrogen) atoms. The van der Waals surface area contributed by atoms with Crippen LogP contribution in [0.1, 0.15) is 12.1 Å². The molecule has 104 valence electrons. The maximum absolute atomic E-state index is 9.59. The van der Waals surface area contributed by atoms with E-state index in [1.165, 1.54) is 0 Å². The maximum atomic E-state index is 9.59. The number of aliphatic hydroxyl groups is 1. The molecule has 0 amide bonds. The van der Waals surface area contributed by atoms with Gasteiger partial charge in [0.15, 0.2) is 0 Å². The van der Waals surface area contributed by atoms with Crippen molar-refractivity contribution in [2.24, 2.45) is 0 Å². The van der Waals surface area contributed by atoms with Crippen molar-refractivity contribution in [2.45, 2.75) is 25.0 Å². The number of hydrogen-bond acceptors (Lipinski definition) is 5. The number of fused-ring (bicyclic) bond motifs is 1. The fourth-order valence-electron chi connectivity index (χ4n) is 2.81. The number of ether oxygens (including phenoxy) is 1. The van der Waals surface area contributed by atoms with Gasteiger partial charge in [0.2, 0.25) is 0 Å². The molecule has 1 saturated heterocycles. The molecule has 0 unspecified atom stereocenters. The Morgan fingerprint density at radius 3 is 3.00 bits per heavy atom. The Hall–Kier alpha value is -1.17. The third-order valence-electron chi connectivity index (χ3n) is 4.24.